The molecule has 4 heteroatoms. The number of aryl methyl sites for hydroxylation is 1. The Morgan fingerprint density at radius 2 is 2.40 bits per heavy atom. The average molecular weight is 205 g/mol. The van der Waals surface area contributed by atoms with Gasteiger partial charge in [-0.3, -0.25) is 5.10 Å². The predicted molar refractivity (Wildman–Crippen MR) is 42.2 cm³/mol. The summed E-state index contributed by atoms with van der Waals surface area (Å²) in [5.74, 6) is 0.639. The fourth-order valence-corrected chi connectivity index (χ4v) is 0.917. The van der Waals surface area contributed by atoms with Gasteiger partial charge >= 0.3 is 0 Å². The van der Waals surface area contributed by atoms with Gasteiger partial charge in [-0.15, -0.1) is 5.10 Å². The van der Waals surface area contributed by atoms with Crippen LogP contribution in [0.3, 0.4) is 0 Å². The highest BCUT2D eigenvalue weighted by atomic mass is 79.9. The number of H-pyrrole nitrogens is 1. The number of hydrogen-bond donors (Lipinski definition) is 1. The van der Waals surface area contributed by atoms with Crippen LogP contribution in [0.1, 0.15) is 12.6 Å². The van der Waals surface area contributed by atoms with Crippen LogP contribution in [0.15, 0.2) is 4.47 Å². The lowest BCUT2D eigenvalue weighted by atomic mass is 10.5. The molecule has 0 aliphatic carbocycles. The molecule has 0 aromatic carbocycles. The molecule has 0 atom stereocenters. The molecule has 1 rings (SSSR count). The van der Waals surface area contributed by atoms with Gasteiger partial charge < -0.3 is 4.74 Å². The van der Waals surface area contributed by atoms with Crippen molar-refractivity contribution in [3.05, 3.63) is 10.2 Å². The normalized spacial score (nSPS) is 9.90. The Hall–Kier alpha value is -0.510. The van der Waals surface area contributed by atoms with Crippen molar-refractivity contribution in [2.24, 2.45) is 0 Å². The van der Waals surface area contributed by atoms with E-state index in [2.05, 4.69) is 26.1 Å². The van der Waals surface area contributed by atoms with Gasteiger partial charge in [0.2, 0.25) is 5.88 Å². The molecule has 0 saturated heterocycles. The topological polar surface area (TPSA) is 37.9 Å². The molecule has 1 N–H and O–H groups in total. The molecule has 0 spiro atoms. The minimum atomic E-state index is 0.639. The molecule has 0 aliphatic heterocycles. The van der Waals surface area contributed by atoms with Gasteiger partial charge in [0.15, 0.2) is 0 Å². The Morgan fingerprint density at radius 1 is 1.70 bits per heavy atom. The first kappa shape index (κ1) is 7.60. The fraction of sp³-hybridized carbons (Fsp3) is 0.500. The van der Waals surface area contributed by atoms with Crippen LogP contribution in [-0.2, 0) is 0 Å². The van der Waals surface area contributed by atoms with Gasteiger partial charge in [0.1, 0.15) is 4.47 Å². The molecule has 0 radical (unpaired) electrons. The zero-order chi connectivity index (χ0) is 7.56. The number of nitrogens with zero attached hydrogens (tertiary/aromatic N) is 1. The van der Waals surface area contributed by atoms with Crippen LogP contribution in [0.25, 0.3) is 0 Å². The van der Waals surface area contributed by atoms with E-state index in [-0.39, 0.29) is 0 Å². The number of ether oxygens (including phenoxy) is 1. The highest BCUT2D eigenvalue weighted by Gasteiger charge is 2.05. The summed E-state index contributed by atoms with van der Waals surface area (Å²) >= 11 is 3.33. The van der Waals surface area contributed by atoms with Crippen molar-refractivity contribution in [3.63, 3.8) is 0 Å². The van der Waals surface area contributed by atoms with Crippen LogP contribution in [-0.4, -0.2) is 16.8 Å². The van der Waals surface area contributed by atoms with E-state index in [1.54, 1.807) is 0 Å². The van der Waals surface area contributed by atoms with E-state index in [0.29, 0.717) is 12.5 Å². The van der Waals surface area contributed by atoms with Gasteiger partial charge in [0.25, 0.3) is 0 Å². The van der Waals surface area contributed by atoms with E-state index in [1.807, 2.05) is 13.8 Å². The molecule has 1 aromatic rings. The molecular weight excluding hydrogens is 196 g/mol. The van der Waals surface area contributed by atoms with Crippen molar-refractivity contribution in [1.29, 1.82) is 0 Å². The van der Waals surface area contributed by atoms with E-state index in [1.165, 1.54) is 0 Å². The summed E-state index contributed by atoms with van der Waals surface area (Å²) < 4.78 is 6.08. The smallest absolute Gasteiger partial charge is 0.247 e. The monoisotopic (exact) mass is 204 g/mol. The third-order valence-corrected chi connectivity index (χ3v) is 2.06. The summed E-state index contributed by atoms with van der Waals surface area (Å²) in [6.45, 7) is 4.50. The maximum Gasteiger partial charge on any atom is 0.247 e. The molecule has 1 heterocycles. The molecule has 3 nitrogen and oxygen atoms in total. The first-order chi connectivity index (χ1) is 4.75. The highest BCUT2D eigenvalue weighted by molar-refractivity contribution is 9.10. The Bertz CT molecular complexity index is 222. The van der Waals surface area contributed by atoms with Crippen LogP contribution in [0.5, 0.6) is 5.88 Å². The summed E-state index contributed by atoms with van der Waals surface area (Å²) in [6, 6.07) is 0. The number of rotatable bonds is 2. The van der Waals surface area contributed by atoms with Crippen LogP contribution in [0.2, 0.25) is 0 Å². The number of hydrogen-bond acceptors (Lipinski definition) is 2. The van der Waals surface area contributed by atoms with Crippen LogP contribution < -0.4 is 4.74 Å². The molecule has 0 bridgehead atoms. The summed E-state index contributed by atoms with van der Waals surface area (Å²) in [4.78, 5) is 0. The maximum absolute atomic E-state index is 5.17. The van der Waals surface area contributed by atoms with E-state index < -0.39 is 0 Å². The second-order valence-electron chi connectivity index (χ2n) is 1.90. The molecule has 56 valence electrons. The van der Waals surface area contributed by atoms with Gasteiger partial charge in [-0.05, 0) is 29.8 Å². The Balaban J connectivity index is 2.83. The van der Waals surface area contributed by atoms with E-state index >= 15 is 0 Å². The van der Waals surface area contributed by atoms with Gasteiger partial charge in [0, 0.05) is 0 Å². The minimum Gasteiger partial charge on any atom is -0.476 e. The zero-order valence-corrected chi connectivity index (χ0v) is 7.53. The third-order valence-electron chi connectivity index (χ3n) is 1.12. The van der Waals surface area contributed by atoms with E-state index in [9.17, 15) is 0 Å². The van der Waals surface area contributed by atoms with Crippen LogP contribution in [0, 0.1) is 6.92 Å². The van der Waals surface area contributed by atoms with Crippen molar-refractivity contribution < 1.29 is 4.74 Å². The lowest BCUT2D eigenvalue weighted by Gasteiger charge is -1.95. The van der Waals surface area contributed by atoms with Gasteiger partial charge in [-0.25, -0.2) is 0 Å². The number of nitrogens with one attached hydrogen (secondary N) is 1. The number of aromatic amines is 1. The maximum atomic E-state index is 5.17. The fourth-order valence-electron chi connectivity index (χ4n) is 0.626. The lowest BCUT2D eigenvalue weighted by Crippen LogP contribution is -1.91. The van der Waals surface area contributed by atoms with Gasteiger partial charge in [0.05, 0.1) is 12.3 Å². The second-order valence-corrected chi connectivity index (χ2v) is 2.69. The first-order valence-corrected chi connectivity index (χ1v) is 3.88. The van der Waals surface area contributed by atoms with E-state index in [4.69, 9.17) is 4.74 Å². The standard InChI is InChI=1S/C6H9BrN2O/c1-3-10-6-5(7)4(2)8-9-6/h3H2,1-2H3,(H,8,9). The molecular formula is C6H9BrN2O. The quantitative estimate of drug-likeness (QED) is 0.800. The number of aromatic nitrogens is 2. The number of halogens is 1. The highest BCUT2D eigenvalue weighted by Crippen LogP contribution is 2.24. The minimum absolute atomic E-state index is 0.639. The summed E-state index contributed by atoms with van der Waals surface area (Å²) in [5.41, 5.74) is 0.989. The van der Waals surface area contributed by atoms with Gasteiger partial charge in [-0.2, -0.15) is 0 Å². The van der Waals surface area contributed by atoms with Crippen molar-refractivity contribution in [3.8, 4) is 5.88 Å². The molecule has 0 amide bonds. The SMILES string of the molecule is CCOc1n[nH]c(C)c1Br. The average Bonchev–Trinajstić information content (AvgIpc) is 2.20. The molecule has 1 aromatic heterocycles. The molecule has 0 fully saturated rings. The Morgan fingerprint density at radius 3 is 2.80 bits per heavy atom. The molecule has 10 heavy (non-hydrogen) atoms. The van der Waals surface area contributed by atoms with E-state index in [0.717, 1.165) is 10.2 Å². The Labute approximate surface area is 67.9 Å². The van der Waals surface area contributed by atoms with Crippen molar-refractivity contribution >= 4 is 15.9 Å². The molecule has 0 aliphatic rings. The second kappa shape index (κ2) is 3.05. The summed E-state index contributed by atoms with van der Waals surface area (Å²) in [5, 5.41) is 6.71. The van der Waals surface area contributed by atoms with Crippen LogP contribution >= 0.6 is 15.9 Å². The predicted octanol–water partition coefficient (Wildman–Crippen LogP) is 1.88. The third kappa shape index (κ3) is 1.31. The molecule has 0 unspecified atom stereocenters. The summed E-state index contributed by atoms with van der Waals surface area (Å²) in [6.07, 6.45) is 0. The largest absolute Gasteiger partial charge is 0.476 e. The van der Waals surface area contributed by atoms with Crippen LogP contribution in [0.4, 0.5) is 0 Å². The first-order valence-electron chi connectivity index (χ1n) is 3.09. The lowest BCUT2D eigenvalue weighted by molar-refractivity contribution is 0.324. The van der Waals surface area contributed by atoms with Crippen molar-refractivity contribution in [2.45, 2.75) is 13.8 Å². The van der Waals surface area contributed by atoms with Gasteiger partial charge in [-0.1, -0.05) is 0 Å². The Kier molecular flexibility index (Phi) is 2.32. The van der Waals surface area contributed by atoms with Crippen molar-refractivity contribution in [2.75, 3.05) is 6.61 Å². The zero-order valence-electron chi connectivity index (χ0n) is 5.94. The van der Waals surface area contributed by atoms with Crippen molar-refractivity contribution in [1.82, 2.24) is 10.2 Å². The molecule has 0 saturated carbocycles. The summed E-state index contributed by atoms with van der Waals surface area (Å²) in [7, 11) is 0.